The van der Waals surface area contributed by atoms with Gasteiger partial charge in [-0.3, -0.25) is 4.79 Å². The first kappa shape index (κ1) is 17.7. The lowest BCUT2D eigenvalue weighted by atomic mass is 10.2. The van der Waals surface area contributed by atoms with Crippen LogP contribution in [0.4, 0.5) is 5.82 Å². The van der Waals surface area contributed by atoms with Crippen molar-refractivity contribution in [1.29, 1.82) is 0 Å². The van der Waals surface area contributed by atoms with Gasteiger partial charge in [-0.05, 0) is 29.8 Å². The standard InChI is InChI=1S/C20H20N6O2/c1-13(27)21-19-18(23-25(2)24-19)20-22-16-6-4-5-7-17(16)26(20)12-14-8-10-15(28-3)11-9-14/h4-11H,12H2,1-3H3,(H,21,24,27). The lowest BCUT2D eigenvalue weighted by Crippen LogP contribution is -2.09. The van der Waals surface area contributed by atoms with Crippen molar-refractivity contribution in [3.05, 3.63) is 54.1 Å². The van der Waals surface area contributed by atoms with Gasteiger partial charge in [-0.25, -0.2) is 4.98 Å². The van der Waals surface area contributed by atoms with Crippen LogP contribution in [0.15, 0.2) is 48.5 Å². The van der Waals surface area contributed by atoms with E-state index >= 15 is 0 Å². The average Bonchev–Trinajstić information content (AvgIpc) is 3.22. The lowest BCUT2D eigenvalue weighted by molar-refractivity contribution is -0.114. The quantitative estimate of drug-likeness (QED) is 0.579. The van der Waals surface area contributed by atoms with Crippen molar-refractivity contribution < 1.29 is 9.53 Å². The van der Waals surface area contributed by atoms with Crippen LogP contribution in [0.1, 0.15) is 12.5 Å². The zero-order valence-electron chi connectivity index (χ0n) is 15.9. The molecule has 8 nitrogen and oxygen atoms in total. The van der Waals surface area contributed by atoms with Crippen LogP contribution in [0.5, 0.6) is 5.75 Å². The van der Waals surface area contributed by atoms with E-state index in [1.165, 1.54) is 11.7 Å². The topological polar surface area (TPSA) is 86.9 Å². The van der Waals surface area contributed by atoms with Crippen molar-refractivity contribution in [3.63, 3.8) is 0 Å². The number of ether oxygens (including phenoxy) is 1. The number of carbonyl (C=O) groups is 1. The molecule has 2 aromatic carbocycles. The fourth-order valence-corrected chi connectivity index (χ4v) is 3.14. The molecule has 1 N–H and O–H groups in total. The monoisotopic (exact) mass is 376 g/mol. The Kier molecular flexibility index (Phi) is 4.52. The highest BCUT2D eigenvalue weighted by Gasteiger charge is 2.21. The molecule has 2 aromatic heterocycles. The predicted molar refractivity (Wildman–Crippen MR) is 106 cm³/mol. The Morgan fingerprint density at radius 3 is 2.57 bits per heavy atom. The predicted octanol–water partition coefficient (Wildman–Crippen LogP) is 2.85. The van der Waals surface area contributed by atoms with Gasteiger partial charge >= 0.3 is 0 Å². The molecular formula is C20H20N6O2. The van der Waals surface area contributed by atoms with Crippen molar-refractivity contribution in [1.82, 2.24) is 24.5 Å². The summed E-state index contributed by atoms with van der Waals surface area (Å²) in [5.41, 5.74) is 3.45. The van der Waals surface area contributed by atoms with E-state index in [0.29, 0.717) is 23.9 Å². The number of aryl methyl sites for hydroxylation is 1. The summed E-state index contributed by atoms with van der Waals surface area (Å²) in [6, 6.07) is 15.8. The minimum absolute atomic E-state index is 0.209. The fourth-order valence-electron chi connectivity index (χ4n) is 3.14. The number of aromatic nitrogens is 5. The van der Waals surface area contributed by atoms with E-state index in [0.717, 1.165) is 22.3 Å². The van der Waals surface area contributed by atoms with Gasteiger partial charge in [-0.2, -0.15) is 4.80 Å². The molecule has 4 aromatic rings. The summed E-state index contributed by atoms with van der Waals surface area (Å²) < 4.78 is 7.32. The maximum absolute atomic E-state index is 11.6. The van der Waals surface area contributed by atoms with Crippen LogP contribution in [0.2, 0.25) is 0 Å². The largest absolute Gasteiger partial charge is 0.497 e. The van der Waals surface area contributed by atoms with Gasteiger partial charge in [0, 0.05) is 20.5 Å². The Bertz CT molecular complexity index is 1140. The second-order valence-corrected chi connectivity index (χ2v) is 6.43. The molecule has 0 radical (unpaired) electrons. The Morgan fingerprint density at radius 1 is 1.11 bits per heavy atom. The van der Waals surface area contributed by atoms with Crippen molar-refractivity contribution in [2.24, 2.45) is 7.05 Å². The molecule has 0 bridgehead atoms. The summed E-state index contributed by atoms with van der Waals surface area (Å²) in [4.78, 5) is 17.8. The number of nitrogens with one attached hydrogen (secondary N) is 1. The summed E-state index contributed by atoms with van der Waals surface area (Å²) in [5.74, 6) is 1.64. The Balaban J connectivity index is 1.85. The molecule has 142 valence electrons. The molecule has 2 heterocycles. The Labute approximate surface area is 161 Å². The maximum atomic E-state index is 11.6. The van der Waals surface area contributed by atoms with Gasteiger partial charge in [0.05, 0.1) is 18.1 Å². The molecule has 0 aliphatic carbocycles. The van der Waals surface area contributed by atoms with Crippen molar-refractivity contribution in [2.45, 2.75) is 13.5 Å². The smallest absolute Gasteiger partial charge is 0.222 e. The van der Waals surface area contributed by atoms with Gasteiger partial charge in [0.25, 0.3) is 0 Å². The third kappa shape index (κ3) is 3.32. The molecule has 8 heteroatoms. The number of nitrogens with zero attached hydrogens (tertiary/aromatic N) is 5. The average molecular weight is 376 g/mol. The van der Waals surface area contributed by atoms with Gasteiger partial charge < -0.3 is 14.6 Å². The van der Waals surface area contributed by atoms with E-state index in [1.807, 2.05) is 48.5 Å². The van der Waals surface area contributed by atoms with Crippen molar-refractivity contribution in [2.75, 3.05) is 12.4 Å². The molecular weight excluding hydrogens is 356 g/mol. The van der Waals surface area contributed by atoms with E-state index < -0.39 is 0 Å². The maximum Gasteiger partial charge on any atom is 0.222 e. The number of hydrogen-bond donors (Lipinski definition) is 1. The Hall–Kier alpha value is -3.68. The Morgan fingerprint density at radius 2 is 1.86 bits per heavy atom. The van der Waals surface area contributed by atoms with Crippen LogP contribution in [0.3, 0.4) is 0 Å². The minimum atomic E-state index is -0.209. The number of benzene rings is 2. The van der Waals surface area contributed by atoms with Crippen molar-refractivity contribution in [3.8, 4) is 17.3 Å². The highest BCUT2D eigenvalue weighted by Crippen LogP contribution is 2.29. The zero-order valence-corrected chi connectivity index (χ0v) is 15.9. The normalized spacial score (nSPS) is 11.0. The van der Waals surface area contributed by atoms with E-state index in [-0.39, 0.29) is 5.91 Å². The molecule has 0 fully saturated rings. The highest BCUT2D eigenvalue weighted by atomic mass is 16.5. The highest BCUT2D eigenvalue weighted by molar-refractivity contribution is 5.91. The summed E-state index contributed by atoms with van der Waals surface area (Å²) in [5, 5.41) is 11.5. The van der Waals surface area contributed by atoms with Gasteiger partial charge in [0.1, 0.15) is 5.75 Å². The number of anilines is 1. The number of methoxy groups -OCH3 is 1. The van der Waals surface area contributed by atoms with Gasteiger partial charge in [0.2, 0.25) is 5.91 Å². The third-order valence-electron chi connectivity index (χ3n) is 4.37. The fraction of sp³-hybridized carbons (Fsp3) is 0.200. The summed E-state index contributed by atoms with van der Waals surface area (Å²) >= 11 is 0. The number of imidazole rings is 1. The van der Waals surface area contributed by atoms with Gasteiger partial charge in [-0.1, -0.05) is 24.3 Å². The number of carbonyl (C=O) groups excluding carboxylic acids is 1. The van der Waals surface area contributed by atoms with E-state index in [1.54, 1.807) is 14.2 Å². The molecule has 0 spiro atoms. The number of para-hydroxylation sites is 2. The molecule has 0 atom stereocenters. The molecule has 4 rings (SSSR count). The SMILES string of the molecule is COc1ccc(Cn2c(-c3nn(C)nc3NC(C)=O)nc3ccccc32)cc1. The number of rotatable bonds is 5. The summed E-state index contributed by atoms with van der Waals surface area (Å²) in [6.07, 6.45) is 0. The van der Waals surface area contributed by atoms with Crippen LogP contribution in [0, 0.1) is 0 Å². The lowest BCUT2D eigenvalue weighted by Gasteiger charge is -2.10. The molecule has 0 saturated heterocycles. The summed E-state index contributed by atoms with van der Waals surface area (Å²) in [6.45, 7) is 2.04. The summed E-state index contributed by atoms with van der Waals surface area (Å²) in [7, 11) is 3.36. The second kappa shape index (κ2) is 7.15. The van der Waals surface area contributed by atoms with E-state index in [9.17, 15) is 4.79 Å². The number of fused-ring (bicyclic) bond motifs is 1. The van der Waals surface area contributed by atoms with E-state index in [2.05, 4.69) is 20.1 Å². The van der Waals surface area contributed by atoms with Crippen molar-refractivity contribution >= 4 is 22.8 Å². The molecule has 1 amide bonds. The van der Waals surface area contributed by atoms with Gasteiger partial charge in [-0.15, -0.1) is 10.2 Å². The molecule has 0 aliphatic rings. The van der Waals surface area contributed by atoms with Crippen LogP contribution in [-0.4, -0.2) is 37.6 Å². The van der Waals surface area contributed by atoms with Crippen LogP contribution >= 0.6 is 0 Å². The molecule has 28 heavy (non-hydrogen) atoms. The van der Waals surface area contributed by atoms with Crippen LogP contribution < -0.4 is 10.1 Å². The van der Waals surface area contributed by atoms with Crippen LogP contribution in [-0.2, 0) is 18.4 Å². The first-order valence-electron chi connectivity index (χ1n) is 8.82. The zero-order chi connectivity index (χ0) is 19.7. The van der Waals surface area contributed by atoms with E-state index in [4.69, 9.17) is 9.72 Å². The first-order chi connectivity index (χ1) is 13.5. The van der Waals surface area contributed by atoms with Crippen LogP contribution in [0.25, 0.3) is 22.6 Å². The minimum Gasteiger partial charge on any atom is -0.497 e. The van der Waals surface area contributed by atoms with Gasteiger partial charge in [0.15, 0.2) is 17.3 Å². The molecule has 0 unspecified atom stereocenters. The number of hydrogen-bond acceptors (Lipinski definition) is 5. The number of amides is 1. The second-order valence-electron chi connectivity index (χ2n) is 6.43. The molecule has 0 aliphatic heterocycles. The molecule has 0 saturated carbocycles. The first-order valence-corrected chi connectivity index (χ1v) is 8.82. The third-order valence-corrected chi connectivity index (χ3v) is 4.37.